The van der Waals surface area contributed by atoms with Crippen molar-refractivity contribution in [3.8, 4) is 17.1 Å². The van der Waals surface area contributed by atoms with Crippen molar-refractivity contribution >= 4 is 43.7 Å². The number of imidazole rings is 1. The van der Waals surface area contributed by atoms with Gasteiger partial charge in [0.1, 0.15) is 5.82 Å². The first-order valence-corrected chi connectivity index (χ1v) is 16.7. The van der Waals surface area contributed by atoms with Crippen LogP contribution in [0.2, 0.25) is 0 Å². The Morgan fingerprint density at radius 2 is 0.735 bits per heavy atom. The van der Waals surface area contributed by atoms with Crippen molar-refractivity contribution in [1.82, 2.24) is 9.55 Å². The van der Waals surface area contributed by atoms with Crippen LogP contribution >= 0.6 is 0 Å². The quantitative estimate of drug-likeness (QED) is 0.133. The van der Waals surface area contributed by atoms with Gasteiger partial charge in [0, 0.05) is 22.0 Å². The number of para-hydroxylation sites is 1. The molecule has 0 aliphatic heterocycles. The van der Waals surface area contributed by atoms with Gasteiger partial charge in [0.25, 0.3) is 0 Å². The molecule has 0 unspecified atom stereocenters. The summed E-state index contributed by atoms with van der Waals surface area (Å²) in [5, 5.41) is 4.81. The molecule has 1 heterocycles. The molecule has 9 rings (SSSR count). The summed E-state index contributed by atoms with van der Waals surface area (Å²) in [7, 11) is 0. The van der Waals surface area contributed by atoms with Crippen LogP contribution in [0.25, 0.3) is 60.8 Å². The van der Waals surface area contributed by atoms with Crippen LogP contribution in [-0.4, -0.2) is 9.55 Å². The first kappa shape index (κ1) is 28.7. The maximum atomic E-state index is 5.45. The highest BCUT2D eigenvalue weighted by molar-refractivity contribution is 6.24. The van der Waals surface area contributed by atoms with Gasteiger partial charge in [-0.1, -0.05) is 182 Å². The van der Waals surface area contributed by atoms with E-state index in [1.54, 1.807) is 0 Å². The van der Waals surface area contributed by atoms with Gasteiger partial charge in [0.05, 0.1) is 11.0 Å². The van der Waals surface area contributed by atoms with Crippen molar-refractivity contribution < 1.29 is 0 Å². The summed E-state index contributed by atoms with van der Waals surface area (Å²) < 4.78 is 2.34. The molecule has 2 heteroatoms. The number of hydrogen-bond acceptors (Lipinski definition) is 1. The van der Waals surface area contributed by atoms with Gasteiger partial charge in [-0.15, -0.1) is 0 Å². The van der Waals surface area contributed by atoms with Crippen LogP contribution in [0.3, 0.4) is 0 Å². The molecule has 2 nitrogen and oxygen atoms in total. The molecule has 0 saturated heterocycles. The number of benzene rings is 8. The highest BCUT2D eigenvalue weighted by atomic mass is 15.1. The number of hydrogen-bond donors (Lipinski definition) is 0. The molecule has 0 amide bonds. The van der Waals surface area contributed by atoms with Gasteiger partial charge in [-0.3, -0.25) is 4.57 Å². The first-order valence-electron chi connectivity index (χ1n) is 16.7. The van der Waals surface area contributed by atoms with Crippen LogP contribution in [0.5, 0.6) is 0 Å². The van der Waals surface area contributed by atoms with Gasteiger partial charge in [-0.2, -0.15) is 0 Å². The van der Waals surface area contributed by atoms with E-state index in [1.165, 1.54) is 44.0 Å². The number of fused-ring (bicyclic) bond motifs is 6. The van der Waals surface area contributed by atoms with Crippen LogP contribution in [0.1, 0.15) is 22.3 Å². The smallest absolute Gasteiger partial charge is 0.145 e. The summed E-state index contributed by atoms with van der Waals surface area (Å²) in [5.74, 6) is 0.922. The first-order chi connectivity index (χ1) is 24.3. The monoisotopic (exact) mass is 624 g/mol. The number of nitrogens with zero attached hydrogens (tertiary/aromatic N) is 2. The standard InChI is InChI=1S/C47H32N2/c1-5-17-33(18-6-1)43(34-19-7-2-8-20-34)44(35-21-9-3-10-22-35)36-29-31-37(32-30-36)47-48-45-41-27-15-13-25-39(41)40-26-14-16-28-42(40)46(45)49(47)38-23-11-4-12-24-38/h1-32H. The molecule has 0 atom stereocenters. The van der Waals surface area contributed by atoms with Gasteiger partial charge in [0.15, 0.2) is 0 Å². The minimum Gasteiger partial charge on any atom is -0.292 e. The Morgan fingerprint density at radius 1 is 0.347 bits per heavy atom. The van der Waals surface area contributed by atoms with E-state index >= 15 is 0 Å². The maximum absolute atomic E-state index is 5.45. The fraction of sp³-hybridized carbons (Fsp3) is 0. The largest absolute Gasteiger partial charge is 0.292 e. The second-order valence-electron chi connectivity index (χ2n) is 12.3. The minimum absolute atomic E-state index is 0.922. The lowest BCUT2D eigenvalue weighted by molar-refractivity contribution is 1.11. The van der Waals surface area contributed by atoms with Crippen LogP contribution in [0.15, 0.2) is 194 Å². The van der Waals surface area contributed by atoms with E-state index in [-0.39, 0.29) is 0 Å². The topological polar surface area (TPSA) is 17.8 Å². The molecule has 0 fully saturated rings. The van der Waals surface area contributed by atoms with Crippen molar-refractivity contribution in [2.24, 2.45) is 0 Å². The van der Waals surface area contributed by atoms with E-state index in [0.717, 1.165) is 39.1 Å². The predicted molar refractivity (Wildman–Crippen MR) is 206 cm³/mol. The zero-order valence-electron chi connectivity index (χ0n) is 26.9. The lowest BCUT2D eigenvalue weighted by Gasteiger charge is -2.18. The summed E-state index contributed by atoms with van der Waals surface area (Å²) in [6.45, 7) is 0. The summed E-state index contributed by atoms with van der Waals surface area (Å²) in [5.41, 5.74) is 11.4. The van der Waals surface area contributed by atoms with Crippen molar-refractivity contribution in [2.75, 3.05) is 0 Å². The molecule has 9 aromatic rings. The predicted octanol–water partition coefficient (Wildman–Crippen LogP) is 12.0. The molecule has 0 aliphatic rings. The third-order valence-electron chi connectivity index (χ3n) is 9.42. The average Bonchev–Trinajstić information content (AvgIpc) is 3.60. The van der Waals surface area contributed by atoms with E-state index in [9.17, 15) is 0 Å². The lowest BCUT2D eigenvalue weighted by atomic mass is 9.85. The van der Waals surface area contributed by atoms with Crippen molar-refractivity contribution in [2.45, 2.75) is 0 Å². The van der Waals surface area contributed by atoms with Gasteiger partial charge >= 0.3 is 0 Å². The molecule has 0 spiro atoms. The minimum atomic E-state index is 0.922. The second kappa shape index (κ2) is 12.3. The molecule has 0 radical (unpaired) electrons. The van der Waals surface area contributed by atoms with Gasteiger partial charge in [-0.25, -0.2) is 4.98 Å². The summed E-state index contributed by atoms with van der Waals surface area (Å²) in [6, 6.07) is 69.1. The molecule has 1 aromatic heterocycles. The maximum Gasteiger partial charge on any atom is 0.145 e. The fourth-order valence-electron chi connectivity index (χ4n) is 7.24. The van der Waals surface area contributed by atoms with Crippen LogP contribution in [0, 0.1) is 0 Å². The van der Waals surface area contributed by atoms with Gasteiger partial charge in [-0.05, 0) is 56.3 Å². The molecule has 0 saturated carbocycles. The average molecular weight is 625 g/mol. The zero-order valence-corrected chi connectivity index (χ0v) is 26.9. The fourth-order valence-corrected chi connectivity index (χ4v) is 7.24. The molecular formula is C47H32N2. The van der Waals surface area contributed by atoms with Crippen LogP contribution in [0.4, 0.5) is 0 Å². The molecule has 49 heavy (non-hydrogen) atoms. The Hall–Kier alpha value is -6.51. The van der Waals surface area contributed by atoms with Gasteiger partial charge < -0.3 is 0 Å². The van der Waals surface area contributed by atoms with Crippen LogP contribution in [-0.2, 0) is 0 Å². The van der Waals surface area contributed by atoms with Crippen LogP contribution < -0.4 is 0 Å². The van der Waals surface area contributed by atoms with E-state index in [0.29, 0.717) is 0 Å². The molecule has 8 aromatic carbocycles. The normalized spacial score (nSPS) is 11.3. The summed E-state index contributed by atoms with van der Waals surface area (Å²) in [6.07, 6.45) is 0. The molecule has 0 aliphatic carbocycles. The second-order valence-corrected chi connectivity index (χ2v) is 12.3. The van der Waals surface area contributed by atoms with E-state index in [4.69, 9.17) is 4.98 Å². The third-order valence-corrected chi connectivity index (χ3v) is 9.42. The summed E-state index contributed by atoms with van der Waals surface area (Å²) >= 11 is 0. The highest BCUT2D eigenvalue weighted by Crippen LogP contribution is 2.41. The van der Waals surface area contributed by atoms with Crippen molar-refractivity contribution in [3.63, 3.8) is 0 Å². The molecule has 0 N–H and O–H groups in total. The molecular weight excluding hydrogens is 593 g/mol. The number of aromatic nitrogens is 2. The Kier molecular flexibility index (Phi) is 7.18. The van der Waals surface area contributed by atoms with Gasteiger partial charge in [0.2, 0.25) is 0 Å². The zero-order chi connectivity index (χ0) is 32.6. The van der Waals surface area contributed by atoms with Crippen molar-refractivity contribution in [3.05, 3.63) is 216 Å². The SMILES string of the molecule is c1ccc(C(=C(c2ccccc2)c2ccc(-c3nc4c5ccccc5c5ccccc5c4n3-c3ccccc3)cc2)c2ccccc2)cc1. The Morgan fingerprint density at radius 3 is 1.24 bits per heavy atom. The molecule has 230 valence electrons. The van der Waals surface area contributed by atoms with E-state index in [1.807, 2.05) is 0 Å². The summed E-state index contributed by atoms with van der Waals surface area (Å²) in [4.78, 5) is 5.45. The number of rotatable bonds is 6. The molecule has 0 bridgehead atoms. The third kappa shape index (κ3) is 5.02. The Balaban J connectivity index is 1.31. The highest BCUT2D eigenvalue weighted by Gasteiger charge is 2.21. The Bertz CT molecular complexity index is 2560. The van der Waals surface area contributed by atoms with E-state index in [2.05, 4.69) is 199 Å². The van der Waals surface area contributed by atoms with Crippen molar-refractivity contribution in [1.29, 1.82) is 0 Å². The van der Waals surface area contributed by atoms with E-state index < -0.39 is 0 Å². The Labute approximate surface area is 285 Å². The lowest BCUT2D eigenvalue weighted by Crippen LogP contribution is -1.99.